The number of ether oxygens (including phenoxy) is 1. The van der Waals surface area contributed by atoms with E-state index in [1.165, 1.54) is 11.3 Å². The topological polar surface area (TPSA) is 69.0 Å². The van der Waals surface area contributed by atoms with Crippen LogP contribution in [-0.2, 0) is 4.79 Å². The molecule has 1 aromatic carbocycles. The number of hydrogen-bond donors (Lipinski definition) is 1. The van der Waals surface area contributed by atoms with Gasteiger partial charge in [0.15, 0.2) is 5.13 Å². The summed E-state index contributed by atoms with van der Waals surface area (Å²) in [6.45, 7) is 1.94. The normalized spacial score (nSPS) is 12.3. The molecule has 23 heavy (non-hydrogen) atoms. The van der Waals surface area contributed by atoms with Gasteiger partial charge in [-0.15, -0.1) is 0 Å². The quantitative estimate of drug-likeness (QED) is 0.761. The predicted molar refractivity (Wildman–Crippen MR) is 91.4 cm³/mol. The van der Waals surface area contributed by atoms with Gasteiger partial charge >= 0.3 is 0 Å². The minimum Gasteiger partial charge on any atom is -0.495 e. The van der Waals surface area contributed by atoms with Gasteiger partial charge in [-0.3, -0.25) is 9.48 Å². The molecule has 0 aliphatic heterocycles. The summed E-state index contributed by atoms with van der Waals surface area (Å²) in [5, 5.41) is 8.00. The number of hydrogen-bond acceptors (Lipinski definition) is 5. The van der Waals surface area contributed by atoms with Crippen molar-refractivity contribution in [3.05, 3.63) is 35.6 Å². The van der Waals surface area contributed by atoms with Gasteiger partial charge in [-0.1, -0.05) is 22.9 Å². The maximum atomic E-state index is 12.1. The number of nitrogens with one attached hydrogen (secondary N) is 1. The molecular weight excluding hydrogens is 336 g/mol. The van der Waals surface area contributed by atoms with Crippen LogP contribution in [0.25, 0.3) is 10.2 Å². The van der Waals surface area contributed by atoms with Crippen molar-refractivity contribution in [3.63, 3.8) is 0 Å². The highest BCUT2D eigenvalue weighted by Gasteiger charge is 2.14. The van der Waals surface area contributed by atoms with E-state index < -0.39 is 0 Å². The molecule has 2 heterocycles. The molecule has 3 rings (SSSR count). The first kappa shape index (κ1) is 15.8. The maximum Gasteiger partial charge on any atom is 0.228 e. The zero-order valence-electron chi connectivity index (χ0n) is 12.6. The Labute approximate surface area is 142 Å². The van der Waals surface area contributed by atoms with E-state index in [1.807, 2.05) is 25.3 Å². The summed E-state index contributed by atoms with van der Waals surface area (Å²) in [7, 11) is 1.56. The molecule has 8 heteroatoms. The number of methoxy groups -OCH3 is 1. The lowest BCUT2D eigenvalue weighted by Crippen LogP contribution is -2.17. The summed E-state index contributed by atoms with van der Waals surface area (Å²) in [5.41, 5.74) is 0.733. The van der Waals surface area contributed by atoms with E-state index in [2.05, 4.69) is 15.4 Å². The second-order valence-electron chi connectivity index (χ2n) is 5.06. The Kier molecular flexibility index (Phi) is 4.49. The van der Waals surface area contributed by atoms with Crippen molar-refractivity contribution in [2.75, 3.05) is 12.4 Å². The van der Waals surface area contributed by atoms with Crippen LogP contribution in [0.1, 0.15) is 19.4 Å². The Morgan fingerprint density at radius 3 is 3.04 bits per heavy atom. The highest BCUT2D eigenvalue weighted by atomic mass is 35.5. The van der Waals surface area contributed by atoms with E-state index in [9.17, 15) is 4.79 Å². The van der Waals surface area contributed by atoms with Gasteiger partial charge in [-0.05, 0) is 19.1 Å². The molecule has 0 unspecified atom stereocenters. The van der Waals surface area contributed by atoms with Gasteiger partial charge in [-0.25, -0.2) is 4.98 Å². The fourth-order valence-electron chi connectivity index (χ4n) is 2.21. The molecule has 0 radical (unpaired) electrons. The summed E-state index contributed by atoms with van der Waals surface area (Å²) >= 11 is 7.47. The van der Waals surface area contributed by atoms with Crippen molar-refractivity contribution in [1.29, 1.82) is 0 Å². The molecule has 0 bridgehead atoms. The van der Waals surface area contributed by atoms with Crippen LogP contribution in [0.3, 0.4) is 0 Å². The Morgan fingerprint density at radius 2 is 2.35 bits per heavy atom. The average Bonchev–Trinajstić information content (AvgIpc) is 3.14. The van der Waals surface area contributed by atoms with Crippen molar-refractivity contribution in [1.82, 2.24) is 14.8 Å². The largest absolute Gasteiger partial charge is 0.495 e. The second kappa shape index (κ2) is 6.55. The smallest absolute Gasteiger partial charge is 0.228 e. The van der Waals surface area contributed by atoms with Crippen LogP contribution in [-0.4, -0.2) is 27.8 Å². The average molecular weight is 351 g/mol. The lowest BCUT2D eigenvalue weighted by molar-refractivity contribution is -0.116. The molecule has 0 fully saturated rings. The van der Waals surface area contributed by atoms with E-state index in [0.29, 0.717) is 22.3 Å². The Bertz CT molecular complexity index is 831. The van der Waals surface area contributed by atoms with E-state index in [0.717, 1.165) is 10.2 Å². The lowest BCUT2D eigenvalue weighted by Gasteiger charge is -2.10. The summed E-state index contributed by atoms with van der Waals surface area (Å²) < 4.78 is 7.84. The molecule has 1 amide bonds. The Hall–Kier alpha value is -2.12. The molecule has 0 saturated carbocycles. The zero-order chi connectivity index (χ0) is 16.4. The van der Waals surface area contributed by atoms with E-state index in [1.54, 1.807) is 24.1 Å². The number of fused-ring (bicyclic) bond motifs is 1. The molecule has 120 valence electrons. The minimum absolute atomic E-state index is 0.0195. The van der Waals surface area contributed by atoms with Gasteiger partial charge in [-0.2, -0.15) is 5.10 Å². The second-order valence-corrected chi connectivity index (χ2v) is 6.50. The van der Waals surface area contributed by atoms with Gasteiger partial charge in [0.1, 0.15) is 5.75 Å². The van der Waals surface area contributed by atoms with Gasteiger partial charge in [0.05, 0.1) is 28.4 Å². The lowest BCUT2D eigenvalue weighted by atomic mass is 10.2. The van der Waals surface area contributed by atoms with Crippen molar-refractivity contribution < 1.29 is 9.53 Å². The van der Waals surface area contributed by atoms with Gasteiger partial charge in [0.2, 0.25) is 5.91 Å². The maximum absolute atomic E-state index is 12.1. The fraction of sp³-hybridized carbons (Fsp3) is 0.267. The van der Waals surface area contributed by atoms with Crippen LogP contribution in [0, 0.1) is 0 Å². The summed E-state index contributed by atoms with van der Waals surface area (Å²) in [6.07, 6.45) is 3.85. The number of rotatable bonds is 5. The standard InChI is InChI=1S/C15H15ClN4O2S/c1-9(20-5-3-4-17-20)6-14(21)19-15-18-11-7-10(16)12(22-2)8-13(11)23-15/h3-5,7-9H,6H2,1-2H3,(H,18,19,21)/t9-/m1/s1. The number of carbonyl (C=O) groups is 1. The monoisotopic (exact) mass is 350 g/mol. The number of anilines is 1. The third-order valence-electron chi connectivity index (χ3n) is 3.37. The number of nitrogens with zero attached hydrogens (tertiary/aromatic N) is 3. The van der Waals surface area contributed by atoms with E-state index in [-0.39, 0.29) is 11.9 Å². The first-order valence-corrected chi connectivity index (χ1v) is 8.19. The number of thiazole rings is 1. The SMILES string of the molecule is COc1cc2sc(NC(=O)C[C@@H](C)n3cccn3)nc2cc1Cl. The van der Waals surface area contributed by atoms with E-state index in [4.69, 9.17) is 16.3 Å². The molecule has 2 aromatic heterocycles. The molecule has 0 saturated heterocycles. The van der Waals surface area contributed by atoms with Crippen LogP contribution in [0.5, 0.6) is 5.75 Å². The molecule has 6 nitrogen and oxygen atoms in total. The van der Waals surface area contributed by atoms with Gasteiger partial charge in [0, 0.05) is 24.9 Å². The van der Waals surface area contributed by atoms with Crippen molar-refractivity contribution in [2.45, 2.75) is 19.4 Å². The summed E-state index contributed by atoms with van der Waals surface area (Å²) in [5.74, 6) is 0.484. The highest BCUT2D eigenvalue weighted by molar-refractivity contribution is 7.22. The Balaban J connectivity index is 1.72. The number of aromatic nitrogens is 3. The van der Waals surface area contributed by atoms with Gasteiger partial charge < -0.3 is 10.1 Å². The van der Waals surface area contributed by atoms with Gasteiger partial charge in [0.25, 0.3) is 0 Å². The first-order chi connectivity index (χ1) is 11.1. The predicted octanol–water partition coefficient (Wildman–Crippen LogP) is 3.74. The molecule has 0 spiro atoms. The third-order valence-corrected chi connectivity index (χ3v) is 4.59. The fourth-order valence-corrected chi connectivity index (χ4v) is 3.34. The molecule has 1 N–H and O–H groups in total. The Morgan fingerprint density at radius 1 is 1.52 bits per heavy atom. The highest BCUT2D eigenvalue weighted by Crippen LogP contribution is 2.34. The summed E-state index contributed by atoms with van der Waals surface area (Å²) in [6, 6.07) is 5.36. The third kappa shape index (κ3) is 3.46. The molecule has 3 aromatic rings. The first-order valence-electron chi connectivity index (χ1n) is 7.00. The number of benzene rings is 1. The van der Waals surface area contributed by atoms with Crippen LogP contribution in [0.15, 0.2) is 30.6 Å². The van der Waals surface area contributed by atoms with Crippen LogP contribution >= 0.6 is 22.9 Å². The molecule has 0 aliphatic carbocycles. The number of carbonyl (C=O) groups excluding carboxylic acids is 1. The number of halogens is 1. The van der Waals surface area contributed by atoms with Crippen LogP contribution in [0.4, 0.5) is 5.13 Å². The molecule has 1 atom stereocenters. The zero-order valence-corrected chi connectivity index (χ0v) is 14.2. The number of amides is 1. The molecular formula is C15H15ClN4O2S. The molecule has 0 aliphatic rings. The van der Waals surface area contributed by atoms with Crippen molar-refractivity contribution >= 4 is 44.2 Å². The van der Waals surface area contributed by atoms with Crippen LogP contribution < -0.4 is 10.1 Å². The minimum atomic E-state index is -0.106. The summed E-state index contributed by atoms with van der Waals surface area (Å²) in [4.78, 5) is 16.5. The van der Waals surface area contributed by atoms with E-state index >= 15 is 0 Å². The van der Waals surface area contributed by atoms with Crippen molar-refractivity contribution in [3.8, 4) is 5.75 Å². The van der Waals surface area contributed by atoms with Crippen LogP contribution in [0.2, 0.25) is 5.02 Å². The van der Waals surface area contributed by atoms with Crippen molar-refractivity contribution in [2.24, 2.45) is 0 Å².